The number of nitrogens with two attached hydrogens (primary N) is 1. The summed E-state index contributed by atoms with van der Waals surface area (Å²) in [6.45, 7) is 1.55. The fraction of sp³-hybridized carbons (Fsp3) is 0.455. The molecule has 0 aliphatic carbocycles. The molecule has 0 atom stereocenters. The van der Waals surface area contributed by atoms with Crippen LogP contribution in [0, 0.1) is 0 Å². The zero-order valence-corrected chi connectivity index (χ0v) is 12.2. The van der Waals surface area contributed by atoms with Crippen LogP contribution in [0.5, 0.6) is 0 Å². The third-order valence-electron chi connectivity index (χ3n) is 3.34. The molecule has 0 unspecified atom stereocenters. The number of aromatic nitrogens is 5. The largest absolute Gasteiger partial charge is 0.381 e. The normalized spacial score (nSPS) is 17.0. The fourth-order valence-corrected chi connectivity index (χ4v) is 3.76. The van der Waals surface area contributed by atoms with Crippen molar-refractivity contribution in [3.8, 4) is 10.7 Å². The van der Waals surface area contributed by atoms with Gasteiger partial charge in [0.2, 0.25) is 4.96 Å². The number of hydrogen-bond acceptors (Lipinski definition) is 8. The molecule has 20 heavy (non-hydrogen) atoms. The lowest BCUT2D eigenvalue weighted by Gasteiger charge is -2.19. The van der Waals surface area contributed by atoms with Gasteiger partial charge in [-0.25, -0.2) is 4.98 Å². The monoisotopic (exact) mass is 308 g/mol. The Morgan fingerprint density at radius 1 is 1.30 bits per heavy atom. The van der Waals surface area contributed by atoms with Gasteiger partial charge in [0.05, 0.1) is 0 Å². The molecule has 0 bridgehead atoms. The molecule has 3 aromatic rings. The van der Waals surface area contributed by atoms with Crippen molar-refractivity contribution in [2.24, 2.45) is 0 Å². The maximum absolute atomic E-state index is 5.67. The number of nitrogen functional groups attached to an aromatic ring is 1. The minimum absolute atomic E-state index is 0.370. The van der Waals surface area contributed by atoms with Crippen molar-refractivity contribution in [2.75, 3.05) is 18.9 Å². The molecular formula is C11H12N6OS2. The van der Waals surface area contributed by atoms with Gasteiger partial charge in [0, 0.05) is 24.5 Å². The van der Waals surface area contributed by atoms with Crippen LogP contribution in [0.3, 0.4) is 0 Å². The Hall–Kier alpha value is -1.58. The van der Waals surface area contributed by atoms with E-state index in [4.69, 9.17) is 10.5 Å². The standard InChI is InChI=1S/C11H12N6OS2/c12-10-13-7(5-19-10)9-16-17-8(14-15-11(17)20-9)6-1-3-18-4-2-6/h5-6H,1-4H2,(H2,12,13). The number of nitrogens with zero attached hydrogens (tertiary/aromatic N) is 5. The van der Waals surface area contributed by atoms with Gasteiger partial charge in [-0.2, -0.15) is 9.61 Å². The van der Waals surface area contributed by atoms with E-state index in [0.717, 1.165) is 47.5 Å². The summed E-state index contributed by atoms with van der Waals surface area (Å²) in [6, 6.07) is 0. The molecule has 0 saturated carbocycles. The summed E-state index contributed by atoms with van der Waals surface area (Å²) in [5.41, 5.74) is 6.47. The number of hydrogen-bond donors (Lipinski definition) is 1. The van der Waals surface area contributed by atoms with E-state index in [9.17, 15) is 0 Å². The van der Waals surface area contributed by atoms with Crippen molar-refractivity contribution in [1.82, 2.24) is 24.8 Å². The lowest BCUT2D eigenvalue weighted by Crippen LogP contribution is -2.16. The van der Waals surface area contributed by atoms with Crippen LogP contribution in [-0.2, 0) is 4.74 Å². The summed E-state index contributed by atoms with van der Waals surface area (Å²) >= 11 is 2.90. The molecule has 1 aliphatic heterocycles. The predicted molar refractivity (Wildman–Crippen MR) is 77.0 cm³/mol. The van der Waals surface area contributed by atoms with Crippen molar-refractivity contribution in [3.63, 3.8) is 0 Å². The zero-order chi connectivity index (χ0) is 13.5. The molecule has 0 aromatic carbocycles. The summed E-state index contributed by atoms with van der Waals surface area (Å²) < 4.78 is 7.23. The molecule has 1 fully saturated rings. The van der Waals surface area contributed by atoms with Crippen LogP contribution in [0.15, 0.2) is 5.38 Å². The Bertz CT molecular complexity index is 741. The lowest BCUT2D eigenvalue weighted by molar-refractivity contribution is 0.0832. The molecule has 104 valence electrons. The zero-order valence-electron chi connectivity index (χ0n) is 10.5. The molecule has 3 aromatic heterocycles. The molecule has 7 nitrogen and oxygen atoms in total. The third kappa shape index (κ3) is 1.98. The van der Waals surface area contributed by atoms with Gasteiger partial charge in [-0.05, 0) is 12.8 Å². The Kier molecular flexibility index (Phi) is 2.90. The molecule has 0 amide bonds. The minimum atomic E-state index is 0.370. The summed E-state index contributed by atoms with van der Waals surface area (Å²) in [5.74, 6) is 1.29. The van der Waals surface area contributed by atoms with Gasteiger partial charge in [0.1, 0.15) is 5.69 Å². The molecule has 0 radical (unpaired) electrons. The number of anilines is 1. The Balaban J connectivity index is 1.74. The van der Waals surface area contributed by atoms with E-state index in [2.05, 4.69) is 20.3 Å². The molecular weight excluding hydrogens is 296 g/mol. The van der Waals surface area contributed by atoms with Crippen molar-refractivity contribution in [1.29, 1.82) is 0 Å². The van der Waals surface area contributed by atoms with E-state index in [-0.39, 0.29) is 0 Å². The second kappa shape index (κ2) is 4.76. The van der Waals surface area contributed by atoms with E-state index in [1.807, 2.05) is 9.90 Å². The highest BCUT2D eigenvalue weighted by molar-refractivity contribution is 7.20. The van der Waals surface area contributed by atoms with E-state index in [0.29, 0.717) is 11.0 Å². The molecule has 1 saturated heterocycles. The van der Waals surface area contributed by atoms with Crippen molar-refractivity contribution >= 4 is 32.8 Å². The highest BCUT2D eigenvalue weighted by atomic mass is 32.1. The van der Waals surface area contributed by atoms with Crippen molar-refractivity contribution < 1.29 is 4.74 Å². The quantitative estimate of drug-likeness (QED) is 0.776. The first-order valence-electron chi connectivity index (χ1n) is 6.32. The van der Waals surface area contributed by atoms with Crippen LogP contribution in [-0.4, -0.2) is 38.0 Å². The number of thiazole rings is 1. The van der Waals surface area contributed by atoms with Gasteiger partial charge in [0.25, 0.3) is 0 Å². The van der Waals surface area contributed by atoms with Gasteiger partial charge in [0.15, 0.2) is 16.0 Å². The van der Waals surface area contributed by atoms with Crippen LogP contribution < -0.4 is 5.73 Å². The van der Waals surface area contributed by atoms with Gasteiger partial charge < -0.3 is 10.5 Å². The lowest BCUT2D eigenvalue weighted by atomic mass is 10.00. The number of rotatable bonds is 2. The average molecular weight is 308 g/mol. The Morgan fingerprint density at radius 3 is 2.90 bits per heavy atom. The first kappa shape index (κ1) is 12.2. The molecule has 4 rings (SSSR count). The van der Waals surface area contributed by atoms with Gasteiger partial charge in [-0.1, -0.05) is 11.3 Å². The van der Waals surface area contributed by atoms with E-state index in [1.165, 1.54) is 22.7 Å². The predicted octanol–water partition coefficient (Wildman–Crippen LogP) is 1.79. The van der Waals surface area contributed by atoms with Crippen LogP contribution >= 0.6 is 22.7 Å². The Labute approximate surface area is 122 Å². The summed E-state index contributed by atoms with van der Waals surface area (Å²) in [7, 11) is 0. The fourth-order valence-electron chi connectivity index (χ4n) is 2.33. The number of fused-ring (bicyclic) bond motifs is 1. The smallest absolute Gasteiger partial charge is 0.235 e. The molecule has 0 spiro atoms. The topological polar surface area (TPSA) is 91.2 Å². The number of ether oxygens (including phenoxy) is 1. The maximum atomic E-state index is 5.67. The van der Waals surface area contributed by atoms with Gasteiger partial charge in [-0.3, -0.25) is 0 Å². The van der Waals surface area contributed by atoms with Gasteiger partial charge >= 0.3 is 0 Å². The van der Waals surface area contributed by atoms with Crippen LogP contribution in [0.25, 0.3) is 15.7 Å². The molecule has 1 aliphatic rings. The van der Waals surface area contributed by atoms with Crippen molar-refractivity contribution in [3.05, 3.63) is 11.2 Å². The second-order valence-electron chi connectivity index (χ2n) is 4.62. The average Bonchev–Trinajstić information content (AvgIpc) is 3.13. The molecule has 9 heteroatoms. The highest BCUT2D eigenvalue weighted by Gasteiger charge is 2.23. The SMILES string of the molecule is Nc1nc(-c2nn3c(C4CCOCC4)nnc3s2)cs1. The first-order chi connectivity index (χ1) is 9.81. The van der Waals surface area contributed by atoms with Crippen LogP contribution in [0.4, 0.5) is 5.13 Å². The van der Waals surface area contributed by atoms with Crippen LogP contribution in [0.2, 0.25) is 0 Å². The summed E-state index contributed by atoms with van der Waals surface area (Å²) in [5, 5.41) is 16.4. The highest BCUT2D eigenvalue weighted by Crippen LogP contribution is 2.31. The van der Waals surface area contributed by atoms with Gasteiger partial charge in [-0.15, -0.1) is 21.5 Å². The minimum Gasteiger partial charge on any atom is -0.381 e. The van der Waals surface area contributed by atoms with Crippen LogP contribution in [0.1, 0.15) is 24.6 Å². The van der Waals surface area contributed by atoms with E-state index in [1.54, 1.807) is 0 Å². The van der Waals surface area contributed by atoms with E-state index >= 15 is 0 Å². The summed E-state index contributed by atoms with van der Waals surface area (Å²) in [6.07, 6.45) is 1.94. The Morgan fingerprint density at radius 2 is 2.15 bits per heavy atom. The molecule has 2 N–H and O–H groups in total. The maximum Gasteiger partial charge on any atom is 0.235 e. The van der Waals surface area contributed by atoms with Crippen molar-refractivity contribution in [2.45, 2.75) is 18.8 Å². The third-order valence-corrected chi connectivity index (χ3v) is 4.94. The van der Waals surface area contributed by atoms with E-state index < -0.39 is 0 Å². The molecule has 4 heterocycles. The summed E-state index contributed by atoms with van der Waals surface area (Å²) in [4.78, 5) is 5.06. The first-order valence-corrected chi connectivity index (χ1v) is 8.02. The second-order valence-corrected chi connectivity index (χ2v) is 6.46.